The Morgan fingerprint density at radius 3 is 1.45 bits per heavy atom. The first kappa shape index (κ1) is 33.5. The maximum absolute atomic E-state index is 5.27. The van der Waals surface area contributed by atoms with Crippen LogP contribution in [0, 0.1) is 0 Å². The van der Waals surface area contributed by atoms with Gasteiger partial charge in [-0.3, -0.25) is 8.97 Å². The highest BCUT2D eigenvalue weighted by molar-refractivity contribution is 6.09. The molecule has 11 rings (SSSR count). The van der Waals surface area contributed by atoms with Crippen LogP contribution in [-0.2, 0) is 0 Å². The van der Waals surface area contributed by atoms with Crippen LogP contribution in [0.5, 0.6) is 0 Å². The first-order valence-electron chi connectivity index (χ1n) is 19.7. The highest BCUT2D eigenvalue weighted by Crippen LogP contribution is 2.41. The van der Waals surface area contributed by atoms with Crippen molar-refractivity contribution in [2.45, 2.75) is 0 Å². The van der Waals surface area contributed by atoms with Gasteiger partial charge in [-0.05, 0) is 76.3 Å². The first-order valence-corrected chi connectivity index (χ1v) is 19.7. The summed E-state index contributed by atoms with van der Waals surface area (Å²) >= 11 is 0. The SMILES string of the molecule is c1ccc(-c2cccc(-c3cc(-c4ccc(-n5c6ccccc6n6c7ccccc7c(-c7ccccc7)c56)cc4)nc(-c4cccc(-c5ccccc5)c4)n3)c2)cc1. The minimum Gasteiger partial charge on any atom is -0.293 e. The van der Waals surface area contributed by atoms with Crippen LogP contribution in [0.1, 0.15) is 0 Å². The molecule has 3 aromatic heterocycles. The average Bonchev–Trinajstić information content (AvgIpc) is 3.82. The lowest BCUT2D eigenvalue weighted by molar-refractivity contribution is 1.14. The van der Waals surface area contributed by atoms with Crippen molar-refractivity contribution in [2.75, 3.05) is 0 Å². The molecule has 0 unspecified atom stereocenters. The van der Waals surface area contributed by atoms with Gasteiger partial charge in [0, 0.05) is 33.3 Å². The maximum Gasteiger partial charge on any atom is 0.160 e. The summed E-state index contributed by atoms with van der Waals surface area (Å²) in [5, 5.41) is 1.23. The van der Waals surface area contributed by atoms with Crippen LogP contribution in [0.3, 0.4) is 0 Å². The Kier molecular flexibility index (Phi) is 8.11. The van der Waals surface area contributed by atoms with Crippen molar-refractivity contribution in [1.29, 1.82) is 0 Å². The summed E-state index contributed by atoms with van der Waals surface area (Å²) in [5.41, 5.74) is 17.5. The van der Waals surface area contributed by atoms with E-state index in [-0.39, 0.29) is 0 Å². The zero-order valence-corrected chi connectivity index (χ0v) is 31.6. The number of rotatable bonds is 7. The lowest BCUT2D eigenvalue weighted by atomic mass is 10.00. The van der Waals surface area contributed by atoms with Gasteiger partial charge in [-0.1, -0.05) is 170 Å². The second-order valence-corrected chi connectivity index (χ2v) is 14.6. The Bertz CT molecular complexity index is 3150. The number of para-hydroxylation sites is 3. The topological polar surface area (TPSA) is 35.1 Å². The van der Waals surface area contributed by atoms with Gasteiger partial charge >= 0.3 is 0 Å². The second-order valence-electron chi connectivity index (χ2n) is 14.6. The molecule has 0 fully saturated rings. The number of hydrogen-bond donors (Lipinski definition) is 0. The number of nitrogens with zero attached hydrogens (tertiary/aromatic N) is 4. The van der Waals surface area contributed by atoms with Crippen LogP contribution in [0.4, 0.5) is 0 Å². The zero-order valence-electron chi connectivity index (χ0n) is 31.6. The third-order valence-corrected chi connectivity index (χ3v) is 11.1. The molecule has 0 saturated carbocycles. The molecule has 0 atom stereocenters. The van der Waals surface area contributed by atoms with Crippen LogP contribution >= 0.6 is 0 Å². The molecule has 0 aliphatic rings. The van der Waals surface area contributed by atoms with Gasteiger partial charge in [0.2, 0.25) is 0 Å². The molecular weight excluding hydrogens is 705 g/mol. The predicted molar refractivity (Wildman–Crippen MR) is 240 cm³/mol. The van der Waals surface area contributed by atoms with Gasteiger partial charge in [-0.25, -0.2) is 9.97 Å². The van der Waals surface area contributed by atoms with Gasteiger partial charge in [0.15, 0.2) is 5.82 Å². The largest absolute Gasteiger partial charge is 0.293 e. The highest BCUT2D eigenvalue weighted by Gasteiger charge is 2.22. The molecule has 0 aliphatic carbocycles. The Balaban J connectivity index is 1.08. The minimum absolute atomic E-state index is 0.685. The molecular formula is C54H36N4. The van der Waals surface area contributed by atoms with Gasteiger partial charge < -0.3 is 0 Å². The van der Waals surface area contributed by atoms with E-state index in [0.717, 1.165) is 61.6 Å². The molecule has 8 aromatic carbocycles. The lowest BCUT2D eigenvalue weighted by Crippen LogP contribution is -1.98. The summed E-state index contributed by atoms with van der Waals surface area (Å²) in [5.74, 6) is 0.685. The van der Waals surface area contributed by atoms with E-state index in [1.165, 1.54) is 33.1 Å². The molecule has 0 radical (unpaired) electrons. The fraction of sp³-hybridized carbons (Fsp3) is 0. The van der Waals surface area contributed by atoms with Crippen molar-refractivity contribution >= 4 is 27.6 Å². The first-order chi connectivity index (χ1) is 28.8. The van der Waals surface area contributed by atoms with Gasteiger partial charge in [0.05, 0.1) is 27.9 Å². The second kappa shape index (κ2) is 14.0. The molecule has 0 aliphatic heterocycles. The summed E-state index contributed by atoms with van der Waals surface area (Å²) in [4.78, 5) is 10.5. The average molecular weight is 741 g/mol. The van der Waals surface area contributed by atoms with Crippen LogP contribution in [-0.4, -0.2) is 18.9 Å². The summed E-state index contributed by atoms with van der Waals surface area (Å²) in [7, 11) is 0. The number of benzene rings is 8. The fourth-order valence-corrected chi connectivity index (χ4v) is 8.40. The van der Waals surface area contributed by atoms with E-state index in [1.807, 2.05) is 6.07 Å². The third-order valence-electron chi connectivity index (χ3n) is 11.1. The molecule has 4 nitrogen and oxygen atoms in total. The van der Waals surface area contributed by atoms with Crippen molar-refractivity contribution in [3.8, 4) is 73.0 Å². The van der Waals surface area contributed by atoms with Gasteiger partial charge in [0.1, 0.15) is 5.65 Å². The Morgan fingerprint density at radius 1 is 0.310 bits per heavy atom. The van der Waals surface area contributed by atoms with Crippen molar-refractivity contribution in [3.63, 3.8) is 0 Å². The number of hydrogen-bond acceptors (Lipinski definition) is 2. The molecule has 0 bridgehead atoms. The van der Waals surface area contributed by atoms with Gasteiger partial charge in [-0.15, -0.1) is 0 Å². The van der Waals surface area contributed by atoms with E-state index in [0.29, 0.717) is 5.82 Å². The van der Waals surface area contributed by atoms with E-state index in [9.17, 15) is 0 Å². The van der Waals surface area contributed by atoms with Crippen molar-refractivity contribution in [3.05, 3.63) is 218 Å². The normalized spacial score (nSPS) is 11.4. The minimum atomic E-state index is 0.685. The number of fused-ring (bicyclic) bond motifs is 5. The molecule has 4 heteroatoms. The number of aromatic nitrogens is 4. The van der Waals surface area contributed by atoms with Crippen LogP contribution in [0.15, 0.2) is 218 Å². The van der Waals surface area contributed by atoms with Crippen LogP contribution in [0.25, 0.3) is 101 Å². The van der Waals surface area contributed by atoms with Gasteiger partial charge in [0.25, 0.3) is 0 Å². The standard InChI is InChI=1S/C54H36N4/c1-4-16-37(17-5-1)41-22-14-24-43(34-41)48-36-47(55-53(56-48)44-25-15-23-42(35-44)38-18-6-2-7-19-38)39-30-32-45(33-31-39)57-50-28-12-13-29-51(50)58-49-27-11-10-26-46(49)52(54(57)58)40-20-8-3-9-21-40/h1-36H. The van der Waals surface area contributed by atoms with Crippen LogP contribution in [0.2, 0.25) is 0 Å². The third kappa shape index (κ3) is 5.78. The quantitative estimate of drug-likeness (QED) is 0.163. The molecule has 0 amide bonds. The van der Waals surface area contributed by atoms with E-state index in [1.54, 1.807) is 0 Å². The van der Waals surface area contributed by atoms with E-state index in [4.69, 9.17) is 9.97 Å². The van der Waals surface area contributed by atoms with Crippen LogP contribution < -0.4 is 0 Å². The smallest absolute Gasteiger partial charge is 0.160 e. The molecule has 0 spiro atoms. The van der Waals surface area contributed by atoms with E-state index in [2.05, 4.69) is 221 Å². The summed E-state index contributed by atoms with van der Waals surface area (Å²) in [6, 6.07) is 77.3. The van der Waals surface area contributed by atoms with Crippen molar-refractivity contribution < 1.29 is 0 Å². The van der Waals surface area contributed by atoms with Gasteiger partial charge in [-0.2, -0.15) is 0 Å². The lowest BCUT2D eigenvalue weighted by Gasteiger charge is -2.13. The predicted octanol–water partition coefficient (Wildman–Crippen LogP) is 13.8. The summed E-state index contributed by atoms with van der Waals surface area (Å²) in [6.45, 7) is 0. The highest BCUT2D eigenvalue weighted by atomic mass is 15.1. The molecule has 11 aromatic rings. The van der Waals surface area contributed by atoms with E-state index < -0.39 is 0 Å². The Hall–Kier alpha value is -7.82. The Labute approximate surface area is 336 Å². The molecule has 0 N–H and O–H groups in total. The number of imidazole rings is 1. The summed E-state index contributed by atoms with van der Waals surface area (Å²) in [6.07, 6.45) is 0. The Morgan fingerprint density at radius 2 is 0.793 bits per heavy atom. The molecule has 3 heterocycles. The van der Waals surface area contributed by atoms with Crippen molar-refractivity contribution in [1.82, 2.24) is 18.9 Å². The maximum atomic E-state index is 5.27. The zero-order chi connectivity index (χ0) is 38.4. The van der Waals surface area contributed by atoms with Crippen molar-refractivity contribution in [2.24, 2.45) is 0 Å². The molecule has 272 valence electrons. The summed E-state index contributed by atoms with van der Waals surface area (Å²) < 4.78 is 4.82. The molecule has 58 heavy (non-hydrogen) atoms. The van der Waals surface area contributed by atoms with E-state index >= 15 is 0 Å². The molecule has 0 saturated heterocycles. The fourth-order valence-electron chi connectivity index (χ4n) is 8.40. The monoisotopic (exact) mass is 740 g/mol.